The van der Waals surface area contributed by atoms with Crippen molar-refractivity contribution < 1.29 is 14.7 Å². The topological polar surface area (TPSA) is 115 Å². The van der Waals surface area contributed by atoms with Crippen LogP contribution >= 0.6 is 23.2 Å². The normalized spacial score (nSPS) is 10.7. The molecule has 0 saturated carbocycles. The molecule has 0 aliphatic heterocycles. The Hall–Kier alpha value is -2.91. The molecule has 0 aliphatic carbocycles. The molecular weight excluding hydrogens is 383 g/mol. The Morgan fingerprint density at radius 2 is 1.92 bits per heavy atom. The van der Waals surface area contributed by atoms with Gasteiger partial charge in [-0.15, -0.1) is 5.10 Å². The number of hydrogen-bond acceptors (Lipinski definition) is 5. The first kappa shape index (κ1) is 17.9. The molecule has 1 amide bonds. The Morgan fingerprint density at radius 3 is 2.62 bits per heavy atom. The van der Waals surface area contributed by atoms with Crippen molar-refractivity contribution in [2.24, 2.45) is 0 Å². The molecule has 1 aromatic carbocycles. The van der Waals surface area contributed by atoms with Crippen molar-refractivity contribution in [3.8, 4) is 0 Å². The third-order valence-corrected chi connectivity index (χ3v) is 4.02. The van der Waals surface area contributed by atoms with Crippen molar-refractivity contribution in [2.45, 2.75) is 13.1 Å². The Morgan fingerprint density at radius 1 is 1.12 bits per heavy atom. The summed E-state index contributed by atoms with van der Waals surface area (Å²) in [5.41, 5.74) is 0.738. The summed E-state index contributed by atoms with van der Waals surface area (Å²) in [7, 11) is 0. The van der Waals surface area contributed by atoms with Gasteiger partial charge in [-0.25, -0.2) is 14.5 Å². The molecule has 11 heteroatoms. The van der Waals surface area contributed by atoms with Crippen LogP contribution in [0.1, 0.15) is 16.1 Å². The molecule has 26 heavy (non-hydrogen) atoms. The molecular formula is C15H12Cl2N6O3. The van der Waals surface area contributed by atoms with E-state index in [1.165, 1.54) is 28.0 Å². The quantitative estimate of drug-likeness (QED) is 0.661. The minimum Gasteiger partial charge on any atom is -0.476 e. The number of carbonyl (C=O) groups excluding carboxylic acids is 1. The minimum absolute atomic E-state index is 0.126. The number of amides is 1. The van der Waals surface area contributed by atoms with E-state index >= 15 is 0 Å². The molecule has 0 unspecified atom stereocenters. The highest BCUT2D eigenvalue weighted by Crippen LogP contribution is 2.22. The average Bonchev–Trinajstić information content (AvgIpc) is 3.21. The molecule has 3 aromatic rings. The summed E-state index contributed by atoms with van der Waals surface area (Å²) < 4.78 is 2.75. The van der Waals surface area contributed by atoms with E-state index < -0.39 is 11.9 Å². The number of nitrogens with one attached hydrogen (secondary N) is 1. The van der Waals surface area contributed by atoms with Crippen LogP contribution in [0.5, 0.6) is 0 Å². The predicted octanol–water partition coefficient (Wildman–Crippen LogP) is 2.17. The van der Waals surface area contributed by atoms with Crippen molar-refractivity contribution in [2.75, 3.05) is 5.32 Å². The number of nitrogens with zero attached hydrogens (tertiary/aromatic N) is 5. The first-order chi connectivity index (χ1) is 12.4. The molecule has 2 aromatic heterocycles. The van der Waals surface area contributed by atoms with Crippen LogP contribution in [-0.2, 0) is 17.9 Å². The fourth-order valence-electron chi connectivity index (χ4n) is 2.13. The van der Waals surface area contributed by atoms with E-state index in [9.17, 15) is 9.59 Å². The van der Waals surface area contributed by atoms with Gasteiger partial charge in [0.1, 0.15) is 12.9 Å². The Kier molecular flexibility index (Phi) is 5.19. The molecule has 0 spiro atoms. The molecule has 9 nitrogen and oxygen atoms in total. The van der Waals surface area contributed by atoms with Gasteiger partial charge in [-0.05, 0) is 23.8 Å². The first-order valence-electron chi connectivity index (χ1n) is 7.30. The second-order valence-corrected chi connectivity index (χ2v) is 6.08. The van der Waals surface area contributed by atoms with Gasteiger partial charge in [0.25, 0.3) is 0 Å². The van der Waals surface area contributed by atoms with Crippen LogP contribution in [0.15, 0.2) is 36.8 Å². The maximum Gasteiger partial charge on any atom is 0.356 e. The number of aromatic nitrogens is 5. The van der Waals surface area contributed by atoms with Gasteiger partial charge in [-0.2, -0.15) is 5.10 Å². The van der Waals surface area contributed by atoms with Crippen molar-refractivity contribution in [1.82, 2.24) is 24.5 Å². The minimum atomic E-state index is -1.16. The summed E-state index contributed by atoms with van der Waals surface area (Å²) in [6.07, 6.45) is 2.87. The molecule has 0 atom stereocenters. The first-order valence-corrected chi connectivity index (χ1v) is 8.06. The largest absolute Gasteiger partial charge is 0.476 e. The van der Waals surface area contributed by atoms with Gasteiger partial charge in [-0.3, -0.25) is 14.8 Å². The highest BCUT2D eigenvalue weighted by Gasteiger charge is 2.11. The maximum absolute atomic E-state index is 12.0. The third-order valence-electron chi connectivity index (χ3n) is 3.28. The van der Waals surface area contributed by atoms with Gasteiger partial charge < -0.3 is 5.11 Å². The van der Waals surface area contributed by atoms with Gasteiger partial charge in [0.15, 0.2) is 5.69 Å². The Bertz CT molecular complexity index is 968. The lowest BCUT2D eigenvalue weighted by Gasteiger charge is -2.03. The molecule has 0 bridgehead atoms. The fourth-order valence-corrected chi connectivity index (χ4v) is 2.45. The highest BCUT2D eigenvalue weighted by molar-refractivity contribution is 6.42. The van der Waals surface area contributed by atoms with E-state index in [2.05, 4.69) is 20.5 Å². The van der Waals surface area contributed by atoms with Crippen LogP contribution in [0.2, 0.25) is 10.0 Å². The van der Waals surface area contributed by atoms with Gasteiger partial charge in [-0.1, -0.05) is 29.3 Å². The Balaban J connectivity index is 1.59. The zero-order valence-corrected chi connectivity index (χ0v) is 14.6. The molecule has 134 valence electrons. The summed E-state index contributed by atoms with van der Waals surface area (Å²) in [5, 5.41) is 20.1. The molecule has 2 N–H and O–H groups in total. The Labute approximate surface area is 157 Å². The van der Waals surface area contributed by atoms with Crippen LogP contribution < -0.4 is 5.32 Å². The number of carboxylic acids is 1. The van der Waals surface area contributed by atoms with Crippen molar-refractivity contribution in [3.05, 3.63) is 58.1 Å². The van der Waals surface area contributed by atoms with E-state index in [4.69, 9.17) is 28.3 Å². The van der Waals surface area contributed by atoms with Crippen LogP contribution in [0.25, 0.3) is 0 Å². The lowest BCUT2D eigenvalue weighted by molar-refractivity contribution is -0.117. The summed E-state index contributed by atoms with van der Waals surface area (Å²) >= 11 is 11.8. The number of anilines is 1. The molecule has 2 heterocycles. The lowest BCUT2D eigenvalue weighted by atomic mass is 10.2. The van der Waals surface area contributed by atoms with Crippen molar-refractivity contribution >= 4 is 41.0 Å². The predicted molar refractivity (Wildman–Crippen MR) is 93.4 cm³/mol. The SMILES string of the molecule is O=C(Cn1ccc(C(=O)O)n1)Nc1ncn(Cc2ccc(Cl)c(Cl)c2)n1. The van der Waals surface area contributed by atoms with E-state index in [0.29, 0.717) is 16.6 Å². The number of aromatic carboxylic acids is 1. The van der Waals surface area contributed by atoms with Crippen molar-refractivity contribution in [3.63, 3.8) is 0 Å². The molecule has 0 fully saturated rings. The van der Waals surface area contributed by atoms with Crippen LogP contribution in [-0.4, -0.2) is 41.5 Å². The summed E-state index contributed by atoms with van der Waals surface area (Å²) in [5.74, 6) is -1.47. The number of rotatable bonds is 6. The molecule has 0 aliphatic rings. The highest BCUT2D eigenvalue weighted by atomic mass is 35.5. The van der Waals surface area contributed by atoms with Gasteiger partial charge in [0.05, 0.1) is 16.6 Å². The zero-order chi connectivity index (χ0) is 18.7. The van der Waals surface area contributed by atoms with E-state index in [1.54, 1.807) is 12.1 Å². The smallest absolute Gasteiger partial charge is 0.356 e. The van der Waals surface area contributed by atoms with Gasteiger partial charge in [0, 0.05) is 6.20 Å². The number of benzene rings is 1. The van der Waals surface area contributed by atoms with Crippen LogP contribution in [0, 0.1) is 0 Å². The molecule has 3 rings (SSSR count). The summed E-state index contributed by atoms with van der Waals surface area (Å²) in [6.45, 7) is 0.246. The maximum atomic E-state index is 12.0. The standard InChI is InChI=1S/C15H12Cl2N6O3/c16-10-2-1-9(5-11(10)17)6-23-8-18-15(21-23)19-13(24)7-22-4-3-12(20-22)14(25)26/h1-5,8H,6-7H2,(H,25,26)(H,19,21,24). The summed E-state index contributed by atoms with van der Waals surface area (Å²) in [6, 6.07) is 6.53. The third kappa shape index (κ3) is 4.38. The summed E-state index contributed by atoms with van der Waals surface area (Å²) in [4.78, 5) is 26.7. The van der Waals surface area contributed by atoms with Crippen LogP contribution in [0.3, 0.4) is 0 Å². The monoisotopic (exact) mass is 394 g/mol. The number of halogens is 2. The van der Waals surface area contributed by atoms with Gasteiger partial charge >= 0.3 is 5.97 Å². The van der Waals surface area contributed by atoms with E-state index in [-0.39, 0.29) is 18.2 Å². The van der Waals surface area contributed by atoms with Crippen molar-refractivity contribution in [1.29, 1.82) is 0 Å². The number of carbonyl (C=O) groups is 2. The van der Waals surface area contributed by atoms with E-state index in [0.717, 1.165) is 5.56 Å². The van der Waals surface area contributed by atoms with Crippen LogP contribution in [0.4, 0.5) is 5.95 Å². The molecule has 0 radical (unpaired) electrons. The second-order valence-electron chi connectivity index (χ2n) is 5.27. The average molecular weight is 395 g/mol. The zero-order valence-electron chi connectivity index (χ0n) is 13.1. The number of carboxylic acid groups (broad SMARTS) is 1. The fraction of sp³-hybridized carbons (Fsp3) is 0.133. The lowest BCUT2D eigenvalue weighted by Crippen LogP contribution is -2.20. The molecule has 0 saturated heterocycles. The second kappa shape index (κ2) is 7.54. The number of hydrogen-bond donors (Lipinski definition) is 2. The van der Waals surface area contributed by atoms with Gasteiger partial charge in [0.2, 0.25) is 11.9 Å². The van der Waals surface area contributed by atoms with E-state index in [1.807, 2.05) is 6.07 Å².